The summed E-state index contributed by atoms with van der Waals surface area (Å²) in [5, 5.41) is 7.00. The number of hydrogen-bond acceptors (Lipinski definition) is 4. The van der Waals surface area contributed by atoms with Gasteiger partial charge in [-0.25, -0.2) is 4.98 Å². The normalized spacial score (nSPS) is 25.8. The summed E-state index contributed by atoms with van der Waals surface area (Å²) in [4.78, 5) is 7.13. The average molecular weight is 253 g/mol. The summed E-state index contributed by atoms with van der Waals surface area (Å²) >= 11 is 1.78. The summed E-state index contributed by atoms with van der Waals surface area (Å²) in [7, 11) is 0. The lowest BCUT2D eigenvalue weighted by atomic mass is 10.1. The summed E-state index contributed by atoms with van der Waals surface area (Å²) < 4.78 is 0. The smallest absolute Gasteiger partial charge is 0.107 e. The van der Waals surface area contributed by atoms with Gasteiger partial charge in [0.05, 0.1) is 6.54 Å². The molecule has 0 bridgehead atoms. The van der Waals surface area contributed by atoms with Gasteiger partial charge in [-0.15, -0.1) is 11.3 Å². The Morgan fingerprint density at radius 3 is 3.00 bits per heavy atom. The van der Waals surface area contributed by atoms with Crippen molar-refractivity contribution in [2.45, 2.75) is 52.2 Å². The molecule has 1 aliphatic rings. The molecule has 1 aromatic heterocycles. The highest BCUT2D eigenvalue weighted by molar-refractivity contribution is 7.09. The topological polar surface area (TPSA) is 28.2 Å². The zero-order valence-corrected chi connectivity index (χ0v) is 12.1. The highest BCUT2D eigenvalue weighted by Gasteiger charge is 2.28. The molecule has 1 atom stereocenters. The molecule has 4 heteroatoms. The van der Waals surface area contributed by atoms with Crippen molar-refractivity contribution in [1.82, 2.24) is 15.2 Å². The van der Waals surface area contributed by atoms with Crippen LogP contribution < -0.4 is 5.32 Å². The number of nitrogens with one attached hydrogen (secondary N) is 1. The zero-order chi connectivity index (χ0) is 12.5. The molecule has 0 spiro atoms. The van der Waals surface area contributed by atoms with Gasteiger partial charge in [-0.3, -0.25) is 4.90 Å². The molecule has 1 aromatic rings. The molecular weight excluding hydrogens is 230 g/mol. The van der Waals surface area contributed by atoms with Gasteiger partial charge in [0.1, 0.15) is 5.01 Å². The van der Waals surface area contributed by atoms with Gasteiger partial charge in [-0.05, 0) is 40.7 Å². The molecule has 96 valence electrons. The Balaban J connectivity index is 2.06. The second kappa shape index (κ2) is 5.04. The first-order valence-electron chi connectivity index (χ1n) is 6.36. The number of rotatable bonds is 2. The fraction of sp³-hybridized carbons (Fsp3) is 0.769. The van der Waals surface area contributed by atoms with Crippen LogP contribution in [0, 0.1) is 6.92 Å². The third-order valence-corrected chi connectivity index (χ3v) is 4.34. The predicted octanol–water partition coefficient (Wildman–Crippen LogP) is 2.41. The Labute approximate surface area is 108 Å². The van der Waals surface area contributed by atoms with Crippen LogP contribution in [0.3, 0.4) is 0 Å². The van der Waals surface area contributed by atoms with Crippen LogP contribution >= 0.6 is 11.3 Å². The summed E-state index contributed by atoms with van der Waals surface area (Å²) in [5.74, 6) is 0. The van der Waals surface area contributed by atoms with Gasteiger partial charge in [0, 0.05) is 29.2 Å². The fourth-order valence-corrected chi connectivity index (χ4v) is 3.18. The van der Waals surface area contributed by atoms with Crippen molar-refractivity contribution in [3.05, 3.63) is 16.1 Å². The van der Waals surface area contributed by atoms with Crippen LogP contribution in [-0.4, -0.2) is 34.6 Å². The van der Waals surface area contributed by atoms with Crippen LogP contribution in [0.15, 0.2) is 5.38 Å². The van der Waals surface area contributed by atoms with E-state index in [1.54, 1.807) is 11.3 Å². The van der Waals surface area contributed by atoms with E-state index < -0.39 is 0 Å². The van der Waals surface area contributed by atoms with Crippen LogP contribution in [0.2, 0.25) is 0 Å². The third kappa shape index (κ3) is 3.50. The first kappa shape index (κ1) is 13.0. The average Bonchev–Trinajstić information content (AvgIpc) is 2.56. The van der Waals surface area contributed by atoms with E-state index in [-0.39, 0.29) is 5.54 Å². The molecule has 1 aliphatic heterocycles. The van der Waals surface area contributed by atoms with E-state index in [2.05, 4.69) is 48.3 Å². The first-order chi connectivity index (χ1) is 7.96. The fourth-order valence-electron chi connectivity index (χ4n) is 2.38. The van der Waals surface area contributed by atoms with Crippen molar-refractivity contribution in [2.24, 2.45) is 0 Å². The molecule has 0 aliphatic carbocycles. The molecular formula is C13H23N3S. The lowest BCUT2D eigenvalue weighted by Crippen LogP contribution is -2.47. The number of hydrogen-bond donors (Lipinski definition) is 1. The minimum absolute atomic E-state index is 0.205. The third-order valence-electron chi connectivity index (χ3n) is 3.39. The van der Waals surface area contributed by atoms with E-state index in [4.69, 9.17) is 0 Å². The molecule has 0 saturated carbocycles. The van der Waals surface area contributed by atoms with Crippen molar-refractivity contribution in [3.8, 4) is 0 Å². The zero-order valence-electron chi connectivity index (χ0n) is 11.3. The second-order valence-electron chi connectivity index (χ2n) is 5.74. The first-order valence-corrected chi connectivity index (χ1v) is 7.24. The molecule has 17 heavy (non-hydrogen) atoms. The number of aryl methyl sites for hydroxylation is 1. The SMILES string of the molecule is Cc1csc(CN2CC(C)(C)NCCC2C)n1. The Morgan fingerprint density at radius 1 is 1.59 bits per heavy atom. The number of thiazole rings is 1. The maximum Gasteiger partial charge on any atom is 0.107 e. The van der Waals surface area contributed by atoms with Crippen LogP contribution in [-0.2, 0) is 6.54 Å². The van der Waals surface area contributed by atoms with E-state index >= 15 is 0 Å². The number of nitrogens with zero attached hydrogens (tertiary/aromatic N) is 2. The quantitative estimate of drug-likeness (QED) is 0.877. The molecule has 1 unspecified atom stereocenters. The molecule has 0 aromatic carbocycles. The van der Waals surface area contributed by atoms with Crippen LogP contribution in [0.1, 0.15) is 37.9 Å². The molecule has 1 fully saturated rings. The Bertz CT molecular complexity index is 372. The maximum absolute atomic E-state index is 4.57. The Hall–Kier alpha value is -0.450. The maximum atomic E-state index is 4.57. The molecule has 3 nitrogen and oxygen atoms in total. The van der Waals surface area contributed by atoms with Gasteiger partial charge >= 0.3 is 0 Å². The van der Waals surface area contributed by atoms with Crippen LogP contribution in [0.4, 0.5) is 0 Å². The van der Waals surface area contributed by atoms with Crippen molar-refractivity contribution >= 4 is 11.3 Å². The van der Waals surface area contributed by atoms with E-state index in [1.807, 2.05) is 0 Å². The largest absolute Gasteiger partial charge is 0.310 e. The van der Waals surface area contributed by atoms with Gasteiger partial charge in [-0.1, -0.05) is 0 Å². The minimum atomic E-state index is 0.205. The molecule has 1 N–H and O–H groups in total. The van der Waals surface area contributed by atoms with Crippen molar-refractivity contribution in [2.75, 3.05) is 13.1 Å². The summed E-state index contributed by atoms with van der Waals surface area (Å²) in [6, 6.07) is 0.633. The lowest BCUT2D eigenvalue weighted by Gasteiger charge is -2.32. The van der Waals surface area contributed by atoms with E-state index in [1.165, 1.54) is 11.4 Å². The Morgan fingerprint density at radius 2 is 2.35 bits per heavy atom. The van der Waals surface area contributed by atoms with Gasteiger partial charge in [0.2, 0.25) is 0 Å². The molecule has 0 radical (unpaired) electrons. The monoisotopic (exact) mass is 253 g/mol. The second-order valence-corrected chi connectivity index (χ2v) is 6.68. The standard InChI is InChI=1S/C13H23N3S/c1-10-8-17-12(15-10)7-16-9-13(3,4)14-6-5-11(16)2/h8,11,14H,5-7,9H2,1-4H3. The van der Waals surface area contributed by atoms with Crippen LogP contribution in [0.5, 0.6) is 0 Å². The van der Waals surface area contributed by atoms with Crippen molar-refractivity contribution < 1.29 is 0 Å². The van der Waals surface area contributed by atoms with Gasteiger partial charge in [0.15, 0.2) is 0 Å². The van der Waals surface area contributed by atoms with Crippen molar-refractivity contribution in [1.29, 1.82) is 0 Å². The summed E-state index contributed by atoms with van der Waals surface area (Å²) in [6.07, 6.45) is 1.22. The van der Waals surface area contributed by atoms with E-state index in [9.17, 15) is 0 Å². The molecule has 2 rings (SSSR count). The van der Waals surface area contributed by atoms with Gasteiger partial charge < -0.3 is 5.32 Å². The number of aromatic nitrogens is 1. The summed E-state index contributed by atoms with van der Waals surface area (Å²) in [6.45, 7) is 12.1. The van der Waals surface area contributed by atoms with E-state index in [0.717, 1.165) is 25.3 Å². The van der Waals surface area contributed by atoms with Gasteiger partial charge in [0.25, 0.3) is 0 Å². The molecule has 0 amide bonds. The molecule has 1 saturated heterocycles. The summed E-state index contributed by atoms with van der Waals surface area (Å²) in [5.41, 5.74) is 1.35. The lowest BCUT2D eigenvalue weighted by molar-refractivity contribution is 0.173. The minimum Gasteiger partial charge on any atom is -0.310 e. The van der Waals surface area contributed by atoms with Crippen molar-refractivity contribution in [3.63, 3.8) is 0 Å². The predicted molar refractivity (Wildman–Crippen MR) is 73.4 cm³/mol. The van der Waals surface area contributed by atoms with Gasteiger partial charge in [-0.2, -0.15) is 0 Å². The van der Waals surface area contributed by atoms with E-state index in [0.29, 0.717) is 6.04 Å². The molecule has 2 heterocycles. The highest BCUT2D eigenvalue weighted by Crippen LogP contribution is 2.20. The van der Waals surface area contributed by atoms with Crippen LogP contribution in [0.25, 0.3) is 0 Å². The highest BCUT2D eigenvalue weighted by atomic mass is 32.1. The Kier molecular flexibility index (Phi) is 3.85.